The molecule has 1 aromatic rings. The van der Waals surface area contributed by atoms with Crippen LogP contribution in [0.1, 0.15) is 23.0 Å². The highest BCUT2D eigenvalue weighted by Crippen LogP contribution is 2.06. The minimum atomic E-state index is -0.181. The molecular weight excluding hydrogens is 144 g/mol. The molecule has 0 unspecified atom stereocenters. The SMILES string of the molecule is CC(=O)c1cnn(CO)c1C. The van der Waals surface area contributed by atoms with E-state index in [0.717, 1.165) is 0 Å². The van der Waals surface area contributed by atoms with Crippen LogP contribution in [0, 0.1) is 6.92 Å². The zero-order chi connectivity index (χ0) is 8.43. The second kappa shape index (κ2) is 2.84. The predicted molar refractivity (Wildman–Crippen MR) is 39.2 cm³/mol. The number of carbonyl (C=O) groups excluding carboxylic acids is 1. The first-order valence-electron chi connectivity index (χ1n) is 3.31. The van der Waals surface area contributed by atoms with Gasteiger partial charge in [0.15, 0.2) is 5.78 Å². The number of rotatable bonds is 2. The lowest BCUT2D eigenvalue weighted by atomic mass is 10.2. The molecule has 0 bridgehead atoms. The molecule has 0 aliphatic rings. The molecule has 60 valence electrons. The minimum absolute atomic E-state index is 0.0257. The smallest absolute Gasteiger partial charge is 0.163 e. The lowest BCUT2D eigenvalue weighted by Crippen LogP contribution is -2.02. The van der Waals surface area contributed by atoms with Gasteiger partial charge in [-0.25, -0.2) is 4.68 Å². The normalized spacial score (nSPS) is 10.1. The zero-order valence-corrected chi connectivity index (χ0v) is 6.53. The number of aliphatic hydroxyl groups is 1. The molecule has 0 aliphatic heterocycles. The van der Waals surface area contributed by atoms with Crippen molar-refractivity contribution in [2.75, 3.05) is 0 Å². The summed E-state index contributed by atoms with van der Waals surface area (Å²) >= 11 is 0. The third kappa shape index (κ3) is 1.30. The van der Waals surface area contributed by atoms with Crippen molar-refractivity contribution in [2.45, 2.75) is 20.6 Å². The van der Waals surface area contributed by atoms with Crippen molar-refractivity contribution in [1.82, 2.24) is 9.78 Å². The zero-order valence-electron chi connectivity index (χ0n) is 6.53. The van der Waals surface area contributed by atoms with Gasteiger partial charge >= 0.3 is 0 Å². The van der Waals surface area contributed by atoms with E-state index in [4.69, 9.17) is 5.11 Å². The maximum atomic E-state index is 10.9. The summed E-state index contributed by atoms with van der Waals surface area (Å²) in [5, 5.41) is 12.5. The Morgan fingerprint density at radius 1 is 1.82 bits per heavy atom. The van der Waals surface area contributed by atoms with E-state index in [9.17, 15) is 4.79 Å². The fraction of sp³-hybridized carbons (Fsp3) is 0.429. The quantitative estimate of drug-likeness (QED) is 0.625. The van der Waals surface area contributed by atoms with Crippen molar-refractivity contribution in [1.29, 1.82) is 0 Å². The lowest BCUT2D eigenvalue weighted by Gasteiger charge is -1.97. The average molecular weight is 154 g/mol. The fourth-order valence-electron chi connectivity index (χ4n) is 0.935. The minimum Gasteiger partial charge on any atom is -0.374 e. The summed E-state index contributed by atoms with van der Waals surface area (Å²) in [4.78, 5) is 10.9. The van der Waals surface area contributed by atoms with Gasteiger partial charge in [0.05, 0.1) is 11.8 Å². The Morgan fingerprint density at radius 2 is 2.45 bits per heavy atom. The summed E-state index contributed by atoms with van der Waals surface area (Å²) in [6.45, 7) is 3.05. The Balaban J connectivity index is 3.10. The van der Waals surface area contributed by atoms with Crippen LogP contribution in [-0.4, -0.2) is 20.7 Å². The van der Waals surface area contributed by atoms with Gasteiger partial charge in [0, 0.05) is 5.69 Å². The maximum Gasteiger partial charge on any atom is 0.163 e. The molecule has 4 nitrogen and oxygen atoms in total. The van der Waals surface area contributed by atoms with E-state index in [-0.39, 0.29) is 12.5 Å². The highest BCUT2D eigenvalue weighted by Gasteiger charge is 2.08. The molecule has 1 N–H and O–H groups in total. The fourth-order valence-corrected chi connectivity index (χ4v) is 0.935. The second-order valence-corrected chi connectivity index (χ2v) is 2.34. The van der Waals surface area contributed by atoms with Gasteiger partial charge in [-0.2, -0.15) is 5.10 Å². The summed E-state index contributed by atoms with van der Waals surface area (Å²) in [5.74, 6) is -0.0257. The van der Waals surface area contributed by atoms with E-state index in [1.165, 1.54) is 17.8 Å². The van der Waals surface area contributed by atoms with Crippen molar-refractivity contribution in [2.24, 2.45) is 0 Å². The van der Waals surface area contributed by atoms with Crippen LogP contribution in [0.4, 0.5) is 0 Å². The standard InChI is InChI=1S/C7H10N2O2/c1-5-7(6(2)11)3-8-9(5)4-10/h3,10H,4H2,1-2H3. The topological polar surface area (TPSA) is 55.1 Å². The Morgan fingerprint density at radius 3 is 2.73 bits per heavy atom. The molecule has 11 heavy (non-hydrogen) atoms. The summed E-state index contributed by atoms with van der Waals surface area (Å²) in [5.41, 5.74) is 1.28. The molecule has 1 rings (SSSR count). The number of aromatic nitrogens is 2. The van der Waals surface area contributed by atoms with Crippen LogP contribution in [0.5, 0.6) is 0 Å². The van der Waals surface area contributed by atoms with Gasteiger partial charge in [0.2, 0.25) is 0 Å². The molecule has 0 saturated heterocycles. The number of hydrogen-bond donors (Lipinski definition) is 1. The first-order valence-corrected chi connectivity index (χ1v) is 3.31. The molecule has 1 heterocycles. The average Bonchev–Trinajstić information content (AvgIpc) is 2.30. The number of aliphatic hydroxyl groups excluding tert-OH is 1. The number of ketones is 1. The van der Waals surface area contributed by atoms with E-state index in [1.807, 2.05) is 0 Å². The first-order chi connectivity index (χ1) is 5.16. The maximum absolute atomic E-state index is 10.9. The van der Waals surface area contributed by atoms with E-state index in [0.29, 0.717) is 11.3 Å². The van der Waals surface area contributed by atoms with Crippen molar-refractivity contribution in [3.05, 3.63) is 17.5 Å². The van der Waals surface area contributed by atoms with Gasteiger partial charge in [0.25, 0.3) is 0 Å². The van der Waals surface area contributed by atoms with E-state index < -0.39 is 0 Å². The van der Waals surface area contributed by atoms with Crippen LogP contribution in [0.3, 0.4) is 0 Å². The van der Waals surface area contributed by atoms with E-state index >= 15 is 0 Å². The molecule has 0 atom stereocenters. The third-order valence-electron chi connectivity index (χ3n) is 1.62. The Labute approximate surface area is 64.5 Å². The van der Waals surface area contributed by atoms with Crippen molar-refractivity contribution < 1.29 is 9.90 Å². The summed E-state index contributed by atoms with van der Waals surface area (Å²) in [7, 11) is 0. The molecule has 0 aromatic carbocycles. The van der Waals surface area contributed by atoms with Crippen molar-refractivity contribution in [3.8, 4) is 0 Å². The van der Waals surface area contributed by atoms with Gasteiger partial charge in [-0.15, -0.1) is 0 Å². The monoisotopic (exact) mass is 154 g/mol. The highest BCUT2D eigenvalue weighted by atomic mass is 16.3. The van der Waals surface area contributed by atoms with Crippen molar-refractivity contribution in [3.63, 3.8) is 0 Å². The van der Waals surface area contributed by atoms with Crippen LogP contribution in [0.25, 0.3) is 0 Å². The van der Waals surface area contributed by atoms with Crippen molar-refractivity contribution >= 4 is 5.78 Å². The molecule has 1 aromatic heterocycles. The first kappa shape index (κ1) is 7.94. The van der Waals surface area contributed by atoms with Crippen LogP contribution in [0.2, 0.25) is 0 Å². The van der Waals surface area contributed by atoms with Gasteiger partial charge in [-0.1, -0.05) is 0 Å². The number of carbonyl (C=O) groups is 1. The number of nitrogens with zero attached hydrogens (tertiary/aromatic N) is 2. The molecule has 0 radical (unpaired) electrons. The summed E-state index contributed by atoms with van der Waals surface area (Å²) < 4.78 is 1.37. The van der Waals surface area contributed by atoms with Crippen LogP contribution in [0.15, 0.2) is 6.20 Å². The molecule has 4 heteroatoms. The highest BCUT2D eigenvalue weighted by molar-refractivity contribution is 5.94. The molecule has 0 aliphatic carbocycles. The van der Waals surface area contributed by atoms with E-state index in [2.05, 4.69) is 5.10 Å². The van der Waals surface area contributed by atoms with Crippen LogP contribution >= 0.6 is 0 Å². The van der Waals surface area contributed by atoms with Gasteiger partial charge < -0.3 is 5.11 Å². The third-order valence-corrected chi connectivity index (χ3v) is 1.62. The molecule has 0 fully saturated rings. The number of hydrogen-bond acceptors (Lipinski definition) is 3. The number of Topliss-reactive ketones (excluding diaryl/α,β-unsaturated/α-hetero) is 1. The van der Waals surface area contributed by atoms with Gasteiger partial charge in [-0.05, 0) is 13.8 Å². The van der Waals surface area contributed by atoms with Gasteiger partial charge in [0.1, 0.15) is 6.73 Å². The second-order valence-electron chi connectivity index (χ2n) is 2.34. The van der Waals surface area contributed by atoms with E-state index in [1.54, 1.807) is 6.92 Å². The molecular formula is C7H10N2O2. The molecule has 0 amide bonds. The summed E-state index contributed by atoms with van der Waals surface area (Å²) in [6.07, 6.45) is 1.47. The predicted octanol–water partition coefficient (Wildman–Crippen LogP) is 0.344. The van der Waals surface area contributed by atoms with Gasteiger partial charge in [-0.3, -0.25) is 4.79 Å². The van der Waals surface area contributed by atoms with Crippen LogP contribution in [-0.2, 0) is 6.73 Å². The molecule has 0 saturated carbocycles. The lowest BCUT2D eigenvalue weighted by molar-refractivity contribution is 0.101. The Hall–Kier alpha value is -1.16. The Bertz CT molecular complexity index is 278. The largest absolute Gasteiger partial charge is 0.374 e. The molecule has 0 spiro atoms. The Kier molecular flexibility index (Phi) is 2.05. The van der Waals surface area contributed by atoms with Crippen LogP contribution < -0.4 is 0 Å². The summed E-state index contributed by atoms with van der Waals surface area (Å²) in [6, 6.07) is 0.